The van der Waals surface area contributed by atoms with Gasteiger partial charge < -0.3 is 5.32 Å². The molecule has 23 heavy (non-hydrogen) atoms. The lowest BCUT2D eigenvalue weighted by molar-refractivity contribution is 0.0951. The maximum atomic E-state index is 12.3. The number of carbonyl (C=O) groups excluding carboxylic acids is 1. The summed E-state index contributed by atoms with van der Waals surface area (Å²) in [6, 6.07) is 12.2. The van der Waals surface area contributed by atoms with Crippen LogP contribution in [-0.2, 0) is 16.6 Å². The summed E-state index contributed by atoms with van der Waals surface area (Å²) in [5.41, 5.74) is 2.61. The first-order valence-corrected chi connectivity index (χ1v) is 9.12. The number of benzene rings is 2. The lowest BCUT2D eigenvalue weighted by Gasteiger charge is -2.10. The van der Waals surface area contributed by atoms with Gasteiger partial charge in [0.2, 0.25) is 10.0 Å². The minimum atomic E-state index is -3.42. The molecule has 2 N–H and O–H groups in total. The predicted octanol–water partition coefficient (Wildman–Crippen LogP) is 2.95. The predicted molar refractivity (Wildman–Crippen MR) is 92.3 cm³/mol. The Hall–Kier alpha value is -2.05. The van der Waals surface area contributed by atoms with Gasteiger partial charge in [-0.25, -0.2) is 8.42 Å². The third kappa shape index (κ3) is 5.26. The number of amides is 1. The van der Waals surface area contributed by atoms with Crippen LogP contribution in [0.2, 0.25) is 5.02 Å². The summed E-state index contributed by atoms with van der Waals surface area (Å²) in [4.78, 5) is 12.3. The van der Waals surface area contributed by atoms with Gasteiger partial charge in [-0.05, 0) is 30.7 Å². The average Bonchev–Trinajstić information content (AvgIpc) is 2.47. The Morgan fingerprint density at radius 2 is 1.78 bits per heavy atom. The number of anilines is 1. The third-order valence-corrected chi connectivity index (χ3v) is 4.02. The highest BCUT2D eigenvalue weighted by atomic mass is 35.5. The van der Waals surface area contributed by atoms with Crippen LogP contribution >= 0.6 is 11.6 Å². The fraction of sp³-hybridized carbons (Fsp3) is 0.188. The molecule has 0 aliphatic heterocycles. The first kappa shape index (κ1) is 17.3. The summed E-state index contributed by atoms with van der Waals surface area (Å²) in [7, 11) is -3.42. The minimum Gasteiger partial charge on any atom is -0.348 e. The second-order valence-electron chi connectivity index (χ2n) is 5.24. The van der Waals surface area contributed by atoms with E-state index >= 15 is 0 Å². The van der Waals surface area contributed by atoms with Gasteiger partial charge in [0.25, 0.3) is 5.91 Å². The van der Waals surface area contributed by atoms with Gasteiger partial charge in [0.05, 0.1) is 16.8 Å². The summed E-state index contributed by atoms with van der Waals surface area (Å²) in [5, 5.41) is 3.02. The fourth-order valence-corrected chi connectivity index (χ4v) is 2.72. The summed E-state index contributed by atoms with van der Waals surface area (Å²) < 4.78 is 24.8. The van der Waals surface area contributed by atoms with Gasteiger partial charge >= 0.3 is 0 Å². The van der Waals surface area contributed by atoms with E-state index in [0.29, 0.717) is 6.54 Å². The number of nitrogens with one attached hydrogen (secondary N) is 2. The summed E-state index contributed by atoms with van der Waals surface area (Å²) in [6.07, 6.45) is 1.04. The molecule has 0 heterocycles. The fourth-order valence-electron chi connectivity index (χ4n) is 1.96. The molecule has 0 radical (unpaired) electrons. The largest absolute Gasteiger partial charge is 0.348 e. The van der Waals surface area contributed by atoms with Crippen molar-refractivity contribution < 1.29 is 13.2 Å². The summed E-state index contributed by atoms with van der Waals surface area (Å²) in [6.45, 7) is 2.35. The second kappa shape index (κ2) is 7.02. The van der Waals surface area contributed by atoms with Crippen molar-refractivity contribution >= 4 is 33.2 Å². The van der Waals surface area contributed by atoms with Crippen LogP contribution in [0.1, 0.15) is 21.5 Å². The van der Waals surface area contributed by atoms with Crippen molar-refractivity contribution in [1.29, 1.82) is 0 Å². The topological polar surface area (TPSA) is 75.3 Å². The van der Waals surface area contributed by atoms with Crippen molar-refractivity contribution in [1.82, 2.24) is 5.32 Å². The number of halogens is 1. The van der Waals surface area contributed by atoms with Crippen LogP contribution in [0.5, 0.6) is 0 Å². The number of aryl methyl sites for hydroxylation is 1. The van der Waals surface area contributed by atoms with Crippen LogP contribution in [0, 0.1) is 6.92 Å². The van der Waals surface area contributed by atoms with Gasteiger partial charge in [0, 0.05) is 12.2 Å². The summed E-state index contributed by atoms with van der Waals surface area (Å²) >= 11 is 6.03. The van der Waals surface area contributed by atoms with Crippen molar-refractivity contribution in [2.45, 2.75) is 13.5 Å². The zero-order chi connectivity index (χ0) is 17.0. The van der Waals surface area contributed by atoms with Crippen LogP contribution in [0.3, 0.4) is 0 Å². The third-order valence-electron chi connectivity index (χ3n) is 3.09. The molecule has 122 valence electrons. The van der Waals surface area contributed by atoms with Gasteiger partial charge in [0.15, 0.2) is 0 Å². The van der Waals surface area contributed by atoms with Gasteiger partial charge in [0.1, 0.15) is 0 Å². The molecule has 0 aromatic heterocycles. The Morgan fingerprint density at radius 1 is 1.13 bits per heavy atom. The van der Waals surface area contributed by atoms with Crippen molar-refractivity contribution in [3.05, 3.63) is 64.2 Å². The standard InChI is InChI=1S/C16H17ClN2O3S/c1-11-3-5-12(6-4-11)10-18-16(20)14-9-13(7-8-15(14)17)19-23(2,21)22/h3-9,19H,10H2,1-2H3,(H,18,20). The average molecular weight is 353 g/mol. The molecule has 0 bridgehead atoms. The first-order chi connectivity index (χ1) is 10.7. The minimum absolute atomic E-state index is 0.215. The van der Waals surface area contributed by atoms with E-state index in [0.717, 1.165) is 17.4 Å². The lowest BCUT2D eigenvalue weighted by Crippen LogP contribution is -2.23. The quantitative estimate of drug-likeness (QED) is 0.868. The molecule has 1 amide bonds. The van der Waals surface area contributed by atoms with E-state index in [-0.39, 0.29) is 22.2 Å². The number of hydrogen-bond donors (Lipinski definition) is 2. The van der Waals surface area contributed by atoms with E-state index in [4.69, 9.17) is 11.6 Å². The van der Waals surface area contributed by atoms with E-state index in [9.17, 15) is 13.2 Å². The zero-order valence-electron chi connectivity index (χ0n) is 12.8. The summed E-state index contributed by atoms with van der Waals surface area (Å²) in [5.74, 6) is -0.368. The van der Waals surface area contributed by atoms with E-state index in [2.05, 4.69) is 10.0 Å². The van der Waals surface area contributed by atoms with E-state index in [1.807, 2.05) is 31.2 Å². The maximum absolute atomic E-state index is 12.3. The molecule has 2 aromatic carbocycles. The van der Waals surface area contributed by atoms with Gasteiger partial charge in [-0.2, -0.15) is 0 Å². The van der Waals surface area contributed by atoms with Gasteiger partial charge in [-0.1, -0.05) is 41.4 Å². The van der Waals surface area contributed by atoms with Crippen molar-refractivity contribution in [3.8, 4) is 0 Å². The van der Waals surface area contributed by atoms with Crippen LogP contribution in [0.15, 0.2) is 42.5 Å². The van der Waals surface area contributed by atoms with Crippen molar-refractivity contribution in [2.75, 3.05) is 11.0 Å². The Balaban J connectivity index is 2.12. The number of sulfonamides is 1. The molecule has 0 fully saturated rings. The molecule has 0 unspecified atom stereocenters. The molecule has 0 saturated heterocycles. The smallest absolute Gasteiger partial charge is 0.253 e. The Kier molecular flexibility index (Phi) is 5.28. The SMILES string of the molecule is Cc1ccc(CNC(=O)c2cc(NS(C)(=O)=O)ccc2Cl)cc1. The highest BCUT2D eigenvalue weighted by molar-refractivity contribution is 7.92. The normalized spacial score (nSPS) is 11.1. The molecule has 5 nitrogen and oxygen atoms in total. The molecule has 0 aliphatic rings. The highest BCUT2D eigenvalue weighted by Gasteiger charge is 2.12. The van der Waals surface area contributed by atoms with Gasteiger partial charge in [-0.3, -0.25) is 9.52 Å². The molecule has 7 heteroatoms. The van der Waals surface area contributed by atoms with E-state index < -0.39 is 10.0 Å². The van der Waals surface area contributed by atoms with Crippen molar-refractivity contribution in [3.63, 3.8) is 0 Å². The highest BCUT2D eigenvalue weighted by Crippen LogP contribution is 2.21. The van der Waals surface area contributed by atoms with E-state index in [1.54, 1.807) is 0 Å². The molecule has 0 aliphatic carbocycles. The molecule has 2 aromatic rings. The Morgan fingerprint density at radius 3 is 2.39 bits per heavy atom. The first-order valence-electron chi connectivity index (χ1n) is 6.86. The van der Waals surface area contributed by atoms with Crippen LogP contribution in [0.25, 0.3) is 0 Å². The van der Waals surface area contributed by atoms with Crippen LogP contribution < -0.4 is 10.0 Å². The second-order valence-corrected chi connectivity index (χ2v) is 7.39. The molecular formula is C16H17ClN2O3S. The number of carbonyl (C=O) groups is 1. The maximum Gasteiger partial charge on any atom is 0.253 e. The Bertz CT molecular complexity index is 818. The Labute approximate surface area is 140 Å². The monoisotopic (exact) mass is 352 g/mol. The molecular weight excluding hydrogens is 336 g/mol. The van der Waals surface area contributed by atoms with Crippen molar-refractivity contribution in [2.24, 2.45) is 0 Å². The van der Waals surface area contributed by atoms with Crippen LogP contribution in [0.4, 0.5) is 5.69 Å². The zero-order valence-corrected chi connectivity index (χ0v) is 14.3. The van der Waals surface area contributed by atoms with Crippen LogP contribution in [-0.4, -0.2) is 20.6 Å². The molecule has 0 spiro atoms. The lowest BCUT2D eigenvalue weighted by atomic mass is 10.1. The number of hydrogen-bond acceptors (Lipinski definition) is 3. The molecule has 2 rings (SSSR count). The number of rotatable bonds is 5. The molecule has 0 atom stereocenters. The van der Waals surface area contributed by atoms with E-state index in [1.165, 1.54) is 18.2 Å². The van der Waals surface area contributed by atoms with Gasteiger partial charge in [-0.15, -0.1) is 0 Å². The molecule has 0 saturated carbocycles.